The lowest BCUT2D eigenvalue weighted by Crippen LogP contribution is -2.27. The lowest BCUT2D eigenvalue weighted by atomic mass is 10.2. The average Bonchev–Trinajstić information content (AvgIpc) is 3.22. The Bertz CT molecular complexity index is 841. The standard InChI is InChI=1S/C21H24N4O3/c1-15(26)23-18-8-10-19(11-9-18)24-20(27)14-22-17-6-4-16(5-7-17)21(28)25-12-2-3-13-25/h4-11,22H,2-3,12-14H2,1H3,(H,23,26)(H,24,27). The monoisotopic (exact) mass is 380 g/mol. The van der Waals surface area contributed by atoms with Crippen molar-refractivity contribution in [3.05, 3.63) is 54.1 Å². The van der Waals surface area contributed by atoms with Crippen LogP contribution in [0.3, 0.4) is 0 Å². The van der Waals surface area contributed by atoms with Crippen molar-refractivity contribution in [2.24, 2.45) is 0 Å². The molecule has 3 amide bonds. The summed E-state index contributed by atoms with van der Waals surface area (Å²) in [6.45, 7) is 3.19. The van der Waals surface area contributed by atoms with Gasteiger partial charge >= 0.3 is 0 Å². The lowest BCUT2D eigenvalue weighted by Gasteiger charge is -2.15. The van der Waals surface area contributed by atoms with Crippen LogP contribution >= 0.6 is 0 Å². The van der Waals surface area contributed by atoms with Gasteiger partial charge in [-0.2, -0.15) is 0 Å². The lowest BCUT2D eigenvalue weighted by molar-refractivity contribution is -0.115. The first kappa shape index (κ1) is 19.4. The summed E-state index contributed by atoms with van der Waals surface area (Å²) < 4.78 is 0. The molecule has 28 heavy (non-hydrogen) atoms. The van der Waals surface area contributed by atoms with Crippen LogP contribution in [0.2, 0.25) is 0 Å². The molecule has 1 heterocycles. The van der Waals surface area contributed by atoms with Gasteiger partial charge in [-0.05, 0) is 61.4 Å². The third-order valence-electron chi connectivity index (χ3n) is 4.47. The maximum absolute atomic E-state index is 12.3. The average molecular weight is 380 g/mol. The molecule has 7 nitrogen and oxygen atoms in total. The van der Waals surface area contributed by atoms with Crippen LogP contribution < -0.4 is 16.0 Å². The van der Waals surface area contributed by atoms with Crippen molar-refractivity contribution in [1.82, 2.24) is 4.90 Å². The molecule has 1 aliphatic heterocycles. The van der Waals surface area contributed by atoms with Crippen molar-refractivity contribution in [2.75, 3.05) is 35.6 Å². The van der Waals surface area contributed by atoms with Crippen LogP contribution in [0.15, 0.2) is 48.5 Å². The second-order valence-corrected chi connectivity index (χ2v) is 6.74. The van der Waals surface area contributed by atoms with Crippen LogP contribution in [0.5, 0.6) is 0 Å². The molecule has 0 aliphatic carbocycles. The highest BCUT2D eigenvalue weighted by Crippen LogP contribution is 2.16. The zero-order valence-corrected chi connectivity index (χ0v) is 15.8. The van der Waals surface area contributed by atoms with Gasteiger partial charge in [0.05, 0.1) is 6.54 Å². The van der Waals surface area contributed by atoms with Crippen LogP contribution in [0, 0.1) is 0 Å². The maximum Gasteiger partial charge on any atom is 0.253 e. The fraction of sp³-hybridized carbons (Fsp3) is 0.286. The van der Waals surface area contributed by atoms with E-state index < -0.39 is 0 Å². The van der Waals surface area contributed by atoms with Gasteiger partial charge in [0.1, 0.15) is 0 Å². The molecular formula is C21H24N4O3. The quantitative estimate of drug-likeness (QED) is 0.719. The molecule has 0 bridgehead atoms. The third kappa shape index (κ3) is 5.33. The Balaban J connectivity index is 1.47. The van der Waals surface area contributed by atoms with Gasteiger partial charge in [-0.1, -0.05) is 0 Å². The molecule has 0 radical (unpaired) electrons. The Morgan fingerprint density at radius 2 is 1.36 bits per heavy atom. The number of benzene rings is 2. The Hall–Kier alpha value is -3.35. The van der Waals surface area contributed by atoms with Crippen LogP contribution in [-0.4, -0.2) is 42.3 Å². The molecule has 0 atom stereocenters. The van der Waals surface area contributed by atoms with E-state index in [1.807, 2.05) is 4.90 Å². The first-order chi connectivity index (χ1) is 13.5. The van der Waals surface area contributed by atoms with E-state index in [0.717, 1.165) is 31.6 Å². The number of amides is 3. The Morgan fingerprint density at radius 3 is 1.93 bits per heavy atom. The predicted octanol–water partition coefficient (Wildman–Crippen LogP) is 2.93. The molecule has 7 heteroatoms. The highest BCUT2D eigenvalue weighted by Gasteiger charge is 2.19. The number of nitrogens with one attached hydrogen (secondary N) is 3. The number of hydrogen-bond donors (Lipinski definition) is 3. The van der Waals surface area contributed by atoms with Gasteiger partial charge < -0.3 is 20.9 Å². The minimum absolute atomic E-state index is 0.0597. The number of carbonyl (C=O) groups is 3. The minimum Gasteiger partial charge on any atom is -0.376 e. The SMILES string of the molecule is CC(=O)Nc1ccc(NC(=O)CNc2ccc(C(=O)N3CCCC3)cc2)cc1. The van der Waals surface area contributed by atoms with E-state index in [9.17, 15) is 14.4 Å². The van der Waals surface area contributed by atoms with Gasteiger partial charge in [0.2, 0.25) is 11.8 Å². The second-order valence-electron chi connectivity index (χ2n) is 6.74. The van der Waals surface area contributed by atoms with Crippen molar-refractivity contribution in [1.29, 1.82) is 0 Å². The summed E-state index contributed by atoms with van der Waals surface area (Å²) in [7, 11) is 0. The van der Waals surface area contributed by atoms with Crippen molar-refractivity contribution in [3.63, 3.8) is 0 Å². The van der Waals surface area contributed by atoms with Gasteiger partial charge in [-0.25, -0.2) is 0 Å². The Labute approximate surface area is 164 Å². The number of anilines is 3. The fourth-order valence-electron chi connectivity index (χ4n) is 3.06. The summed E-state index contributed by atoms with van der Waals surface area (Å²) in [5.41, 5.74) is 2.75. The number of nitrogens with zero attached hydrogens (tertiary/aromatic N) is 1. The Kier molecular flexibility index (Phi) is 6.26. The summed E-state index contributed by atoms with van der Waals surface area (Å²) in [4.78, 5) is 37.3. The zero-order valence-electron chi connectivity index (χ0n) is 15.8. The molecular weight excluding hydrogens is 356 g/mol. The smallest absolute Gasteiger partial charge is 0.253 e. The Morgan fingerprint density at radius 1 is 0.821 bits per heavy atom. The van der Waals surface area contributed by atoms with Gasteiger partial charge in [0.15, 0.2) is 0 Å². The van der Waals surface area contributed by atoms with Crippen LogP contribution in [0.25, 0.3) is 0 Å². The van der Waals surface area contributed by atoms with Gasteiger partial charge in [-0.15, -0.1) is 0 Å². The summed E-state index contributed by atoms with van der Waals surface area (Å²) in [5.74, 6) is -0.275. The topological polar surface area (TPSA) is 90.5 Å². The van der Waals surface area contributed by atoms with Crippen molar-refractivity contribution in [2.45, 2.75) is 19.8 Å². The van der Waals surface area contributed by atoms with E-state index >= 15 is 0 Å². The fourth-order valence-corrected chi connectivity index (χ4v) is 3.06. The van der Waals surface area contributed by atoms with Crippen LogP contribution in [-0.2, 0) is 9.59 Å². The van der Waals surface area contributed by atoms with E-state index in [-0.39, 0.29) is 24.3 Å². The maximum atomic E-state index is 12.3. The number of carbonyl (C=O) groups excluding carboxylic acids is 3. The van der Waals surface area contributed by atoms with Gasteiger partial charge in [0, 0.05) is 42.6 Å². The minimum atomic E-state index is -0.190. The van der Waals surface area contributed by atoms with E-state index in [2.05, 4.69) is 16.0 Å². The van der Waals surface area contributed by atoms with Crippen molar-refractivity contribution >= 4 is 34.8 Å². The molecule has 1 aliphatic rings. The molecule has 0 saturated carbocycles. The molecule has 1 fully saturated rings. The number of hydrogen-bond acceptors (Lipinski definition) is 4. The molecule has 146 valence electrons. The molecule has 2 aromatic rings. The summed E-state index contributed by atoms with van der Waals surface area (Å²) >= 11 is 0. The first-order valence-corrected chi connectivity index (χ1v) is 9.32. The first-order valence-electron chi connectivity index (χ1n) is 9.32. The van der Waals surface area contributed by atoms with E-state index in [1.165, 1.54) is 6.92 Å². The second kappa shape index (κ2) is 9.03. The van der Waals surface area contributed by atoms with Crippen LogP contribution in [0.1, 0.15) is 30.1 Å². The van der Waals surface area contributed by atoms with E-state index in [4.69, 9.17) is 0 Å². The molecule has 2 aromatic carbocycles. The van der Waals surface area contributed by atoms with E-state index in [0.29, 0.717) is 16.9 Å². The summed E-state index contributed by atoms with van der Waals surface area (Å²) in [5, 5.41) is 8.50. The predicted molar refractivity (Wildman–Crippen MR) is 109 cm³/mol. The third-order valence-corrected chi connectivity index (χ3v) is 4.47. The molecule has 0 aromatic heterocycles. The van der Waals surface area contributed by atoms with Gasteiger partial charge in [0.25, 0.3) is 5.91 Å². The summed E-state index contributed by atoms with van der Waals surface area (Å²) in [6, 6.07) is 14.1. The highest BCUT2D eigenvalue weighted by atomic mass is 16.2. The molecule has 3 rings (SSSR count). The normalized spacial score (nSPS) is 13.1. The summed E-state index contributed by atoms with van der Waals surface area (Å²) in [6.07, 6.45) is 2.13. The van der Waals surface area contributed by atoms with Crippen molar-refractivity contribution in [3.8, 4) is 0 Å². The highest BCUT2D eigenvalue weighted by molar-refractivity contribution is 5.96. The molecule has 3 N–H and O–H groups in total. The largest absolute Gasteiger partial charge is 0.376 e. The molecule has 0 unspecified atom stereocenters. The molecule has 1 saturated heterocycles. The van der Waals surface area contributed by atoms with Crippen molar-refractivity contribution < 1.29 is 14.4 Å². The number of likely N-dealkylation sites (tertiary alicyclic amines) is 1. The van der Waals surface area contributed by atoms with E-state index in [1.54, 1.807) is 48.5 Å². The van der Waals surface area contributed by atoms with Gasteiger partial charge in [-0.3, -0.25) is 14.4 Å². The molecule has 0 spiro atoms. The number of rotatable bonds is 6. The van der Waals surface area contributed by atoms with Crippen LogP contribution in [0.4, 0.5) is 17.1 Å². The zero-order chi connectivity index (χ0) is 19.9.